The predicted octanol–water partition coefficient (Wildman–Crippen LogP) is 1.27. The zero-order valence-electron chi connectivity index (χ0n) is 21.9. The molecule has 0 spiro atoms. The molecule has 0 bridgehead atoms. The molecule has 0 atom stereocenters. The van der Waals surface area contributed by atoms with Crippen molar-refractivity contribution in [2.45, 2.75) is 67.5 Å². The zero-order chi connectivity index (χ0) is 22.5. The molecule has 0 N–H and O–H groups in total. The van der Waals surface area contributed by atoms with E-state index in [2.05, 4.69) is 103 Å². The summed E-state index contributed by atoms with van der Waals surface area (Å²) in [4.78, 5) is 0. The van der Waals surface area contributed by atoms with E-state index in [0.29, 0.717) is 11.8 Å². The Hall–Kier alpha value is -0.660. The van der Waals surface area contributed by atoms with Crippen LogP contribution < -0.4 is 35.2 Å². The van der Waals surface area contributed by atoms with Gasteiger partial charge in [0, 0.05) is 8.07 Å². The number of halogens is 2. The van der Waals surface area contributed by atoms with Crippen LogP contribution in [0.2, 0.25) is 13.1 Å². The molecule has 4 aromatic carbocycles. The quantitative estimate of drug-likeness (QED) is 0.235. The van der Waals surface area contributed by atoms with Gasteiger partial charge in [-0.25, -0.2) is 0 Å². The molecule has 34 heavy (non-hydrogen) atoms. The third kappa shape index (κ3) is 6.00. The molecule has 0 unspecified atom stereocenters. The van der Waals surface area contributed by atoms with Gasteiger partial charge in [-0.05, 0) is 24.7 Å². The molecule has 0 heterocycles. The van der Waals surface area contributed by atoms with Gasteiger partial charge >= 0.3 is 26.2 Å². The maximum atomic E-state index is 2.57. The fourth-order valence-electron chi connectivity index (χ4n) is 5.91. The monoisotopic (exact) mass is 586 g/mol. The van der Waals surface area contributed by atoms with Crippen LogP contribution in [0.15, 0.2) is 48.5 Å². The van der Waals surface area contributed by atoms with Gasteiger partial charge in [0.2, 0.25) is 0 Å². The van der Waals surface area contributed by atoms with Gasteiger partial charge in [0.15, 0.2) is 0 Å². The third-order valence-corrected chi connectivity index (χ3v) is 10.7. The number of rotatable bonds is 6. The second-order valence-electron chi connectivity index (χ2n) is 11.1. The minimum atomic E-state index is -1.89. The van der Waals surface area contributed by atoms with E-state index in [4.69, 9.17) is 0 Å². The second kappa shape index (κ2) is 12.1. The SMILES string of the molecule is Cc1[cH-]c2ccc(CC(C)C)cc2c1[Si](C)(C)c1c(C)[cH-]c2ccc(CC(C)C)cc12.[Cl-].[Cl-].[Zr+4]. The average molecular weight is 589 g/mol. The van der Waals surface area contributed by atoms with Gasteiger partial charge in [-0.15, -0.1) is 81.2 Å². The van der Waals surface area contributed by atoms with Crippen LogP contribution in [0, 0.1) is 25.7 Å². The second-order valence-corrected chi connectivity index (χ2v) is 15.3. The minimum Gasteiger partial charge on any atom is -1.00 e. The van der Waals surface area contributed by atoms with Crippen molar-refractivity contribution in [3.63, 3.8) is 0 Å². The van der Waals surface area contributed by atoms with Crippen LogP contribution in [0.25, 0.3) is 21.5 Å². The van der Waals surface area contributed by atoms with E-state index in [9.17, 15) is 0 Å². The normalized spacial score (nSPS) is 11.6. The maximum Gasteiger partial charge on any atom is 4.00 e. The largest absolute Gasteiger partial charge is 4.00 e. The van der Waals surface area contributed by atoms with Gasteiger partial charge < -0.3 is 24.8 Å². The first-order valence-corrected chi connectivity index (χ1v) is 15.0. The van der Waals surface area contributed by atoms with Crippen LogP contribution in [-0.2, 0) is 39.0 Å². The fraction of sp³-hybridized carbons (Fsp3) is 0.400. The van der Waals surface area contributed by atoms with Gasteiger partial charge in [-0.2, -0.15) is 10.4 Å². The Balaban J connectivity index is 0.00000193. The zero-order valence-corrected chi connectivity index (χ0v) is 26.9. The Morgan fingerprint density at radius 2 is 1.03 bits per heavy atom. The van der Waals surface area contributed by atoms with E-state index in [0.717, 1.165) is 12.8 Å². The Labute approximate surface area is 239 Å². The van der Waals surface area contributed by atoms with Gasteiger partial charge in [-0.1, -0.05) is 65.8 Å². The number of hydrogen-bond donors (Lipinski definition) is 0. The van der Waals surface area contributed by atoms with Crippen molar-refractivity contribution in [1.29, 1.82) is 0 Å². The molecule has 0 saturated carbocycles. The summed E-state index contributed by atoms with van der Waals surface area (Å²) in [6.45, 7) is 19.1. The van der Waals surface area contributed by atoms with Gasteiger partial charge in [0.25, 0.3) is 0 Å². The van der Waals surface area contributed by atoms with Crippen molar-refractivity contribution in [3.8, 4) is 0 Å². The minimum absolute atomic E-state index is 0. The first kappa shape index (κ1) is 31.4. The van der Waals surface area contributed by atoms with Gasteiger partial charge in [0.1, 0.15) is 0 Å². The number of fused-ring (bicyclic) bond motifs is 2. The molecule has 0 radical (unpaired) electrons. The first-order chi connectivity index (χ1) is 14.6. The smallest absolute Gasteiger partial charge is 1.00 e. The summed E-state index contributed by atoms with van der Waals surface area (Å²) >= 11 is 0. The molecular weight excluding hydrogens is 551 g/mol. The van der Waals surface area contributed by atoms with Crippen LogP contribution in [0.3, 0.4) is 0 Å². The van der Waals surface area contributed by atoms with Crippen LogP contribution in [-0.4, -0.2) is 8.07 Å². The van der Waals surface area contributed by atoms with Crippen LogP contribution in [0.4, 0.5) is 0 Å². The molecule has 0 saturated heterocycles. The van der Waals surface area contributed by atoms with Crippen molar-refractivity contribution in [1.82, 2.24) is 0 Å². The van der Waals surface area contributed by atoms with E-state index in [-0.39, 0.29) is 51.0 Å². The summed E-state index contributed by atoms with van der Waals surface area (Å²) in [5.74, 6) is 1.37. The predicted molar refractivity (Wildman–Crippen MR) is 142 cm³/mol. The van der Waals surface area contributed by atoms with Crippen molar-refractivity contribution in [2.75, 3.05) is 0 Å². The van der Waals surface area contributed by atoms with E-state index in [1.165, 1.54) is 43.8 Å². The molecule has 0 aliphatic carbocycles. The van der Waals surface area contributed by atoms with Crippen molar-refractivity contribution < 1.29 is 51.0 Å². The van der Waals surface area contributed by atoms with Crippen molar-refractivity contribution in [2.24, 2.45) is 11.8 Å². The average Bonchev–Trinajstić information content (AvgIpc) is 3.15. The van der Waals surface area contributed by atoms with Crippen molar-refractivity contribution in [3.05, 3.63) is 70.8 Å². The number of hydrogen-bond acceptors (Lipinski definition) is 0. The fourth-order valence-corrected chi connectivity index (χ4v) is 10.1. The maximum absolute atomic E-state index is 2.57. The standard InChI is InChI=1S/C30H38Si.2ClH.Zr/c1-19(2)13-23-9-11-25-15-21(5)29(27(25)17-23)31(7,8)30-22(6)16-26-12-10-24(14-20(3)4)18-28(26)30;;;/h9-12,15-20H,13-14H2,1-8H3;2*1H;/q-2;;;+4/p-2. The van der Waals surface area contributed by atoms with E-state index < -0.39 is 8.07 Å². The molecule has 0 aliphatic rings. The first-order valence-electron chi connectivity index (χ1n) is 12.0. The summed E-state index contributed by atoms with van der Waals surface area (Å²) < 4.78 is 0. The number of aryl methyl sites for hydroxylation is 2. The van der Waals surface area contributed by atoms with E-state index >= 15 is 0 Å². The molecular formula is C30H38Cl2SiZr. The Morgan fingerprint density at radius 3 is 1.35 bits per heavy atom. The van der Waals surface area contributed by atoms with Gasteiger partial charge in [-0.3, -0.25) is 0 Å². The van der Waals surface area contributed by atoms with Crippen molar-refractivity contribution >= 4 is 40.0 Å². The molecule has 0 aromatic heterocycles. The molecule has 4 rings (SSSR count). The molecule has 4 aromatic rings. The summed E-state index contributed by atoms with van der Waals surface area (Å²) in [6.07, 6.45) is 2.30. The topological polar surface area (TPSA) is 0 Å². The molecule has 180 valence electrons. The van der Waals surface area contributed by atoms with Gasteiger partial charge in [0.05, 0.1) is 0 Å². The Kier molecular flexibility index (Phi) is 11.1. The Morgan fingerprint density at radius 1 is 0.676 bits per heavy atom. The molecule has 0 fully saturated rings. The molecule has 0 aliphatic heterocycles. The summed E-state index contributed by atoms with van der Waals surface area (Å²) in [7, 11) is -1.89. The molecule has 0 nitrogen and oxygen atoms in total. The summed E-state index contributed by atoms with van der Waals surface area (Å²) in [6, 6.07) is 19.2. The molecule has 4 heteroatoms. The van der Waals surface area contributed by atoms with E-state index in [1.807, 2.05) is 0 Å². The van der Waals surface area contributed by atoms with Crippen LogP contribution >= 0.6 is 0 Å². The number of benzene rings is 2. The summed E-state index contributed by atoms with van der Waals surface area (Å²) in [5.41, 5.74) is 5.89. The van der Waals surface area contributed by atoms with Crippen LogP contribution in [0.1, 0.15) is 49.9 Å². The van der Waals surface area contributed by atoms with Crippen LogP contribution in [0.5, 0.6) is 0 Å². The van der Waals surface area contributed by atoms with E-state index in [1.54, 1.807) is 10.4 Å². The molecule has 0 amide bonds. The third-order valence-electron chi connectivity index (χ3n) is 6.84. The summed E-state index contributed by atoms with van der Waals surface area (Å²) in [5, 5.41) is 9.10. The Bertz CT molecular complexity index is 1150.